The van der Waals surface area contributed by atoms with Gasteiger partial charge in [0.15, 0.2) is 11.9 Å². The Morgan fingerprint density at radius 2 is 2.09 bits per heavy atom. The summed E-state index contributed by atoms with van der Waals surface area (Å²) in [4.78, 5) is 6.86. The van der Waals surface area contributed by atoms with Gasteiger partial charge in [-0.15, -0.1) is 0 Å². The summed E-state index contributed by atoms with van der Waals surface area (Å²) in [7, 11) is 2.09. The Labute approximate surface area is 135 Å². The predicted octanol–water partition coefficient (Wildman–Crippen LogP) is 1.94. The molecule has 3 heterocycles. The van der Waals surface area contributed by atoms with E-state index in [2.05, 4.69) is 53.4 Å². The molecule has 1 aromatic carbocycles. The van der Waals surface area contributed by atoms with Crippen LogP contribution >= 0.6 is 0 Å². The minimum absolute atomic E-state index is 0.162. The summed E-state index contributed by atoms with van der Waals surface area (Å²) in [6.07, 6.45) is 0.617. The van der Waals surface area contributed by atoms with E-state index in [1.165, 1.54) is 16.7 Å². The van der Waals surface area contributed by atoms with Crippen LogP contribution in [0.5, 0.6) is 5.75 Å². The van der Waals surface area contributed by atoms with Crippen molar-refractivity contribution in [3.8, 4) is 5.75 Å². The van der Waals surface area contributed by atoms with Crippen molar-refractivity contribution in [1.82, 2.24) is 20.4 Å². The average Bonchev–Trinajstić information content (AvgIpc) is 3.15. The molecule has 2 aliphatic rings. The third-order valence-corrected chi connectivity index (χ3v) is 4.89. The largest absolute Gasteiger partial charge is 0.480 e. The molecule has 1 fully saturated rings. The molecule has 2 atom stereocenters. The van der Waals surface area contributed by atoms with Gasteiger partial charge in [0.25, 0.3) is 5.89 Å². The molecular formula is C17H22N4O2. The van der Waals surface area contributed by atoms with Gasteiger partial charge in [-0.05, 0) is 43.7 Å². The van der Waals surface area contributed by atoms with Gasteiger partial charge < -0.3 is 14.6 Å². The van der Waals surface area contributed by atoms with Crippen LogP contribution < -0.4 is 10.1 Å². The molecule has 0 radical (unpaired) electrons. The van der Waals surface area contributed by atoms with Crippen LogP contribution in [0.3, 0.4) is 0 Å². The summed E-state index contributed by atoms with van der Waals surface area (Å²) in [6, 6.07) is 4.45. The number of aromatic nitrogens is 2. The highest BCUT2D eigenvalue weighted by Crippen LogP contribution is 2.38. The molecule has 2 unspecified atom stereocenters. The van der Waals surface area contributed by atoms with Crippen LogP contribution in [0.2, 0.25) is 0 Å². The highest BCUT2D eigenvalue weighted by Gasteiger charge is 2.32. The summed E-state index contributed by atoms with van der Waals surface area (Å²) >= 11 is 0. The molecule has 6 heteroatoms. The average molecular weight is 314 g/mol. The van der Waals surface area contributed by atoms with E-state index in [9.17, 15) is 0 Å². The van der Waals surface area contributed by atoms with E-state index < -0.39 is 0 Å². The summed E-state index contributed by atoms with van der Waals surface area (Å²) in [5.74, 6) is 2.25. The fraction of sp³-hybridized carbons (Fsp3) is 0.529. The van der Waals surface area contributed by atoms with Gasteiger partial charge in [0.1, 0.15) is 5.75 Å². The third-order valence-electron chi connectivity index (χ3n) is 4.89. The molecule has 1 N–H and O–H groups in total. The number of benzene rings is 1. The summed E-state index contributed by atoms with van der Waals surface area (Å²) < 4.78 is 11.5. The van der Waals surface area contributed by atoms with Crippen molar-refractivity contribution >= 4 is 0 Å². The Morgan fingerprint density at radius 1 is 1.26 bits per heavy atom. The minimum atomic E-state index is -0.172. The quantitative estimate of drug-likeness (QED) is 0.914. The van der Waals surface area contributed by atoms with E-state index in [1.54, 1.807) is 0 Å². The highest BCUT2D eigenvalue weighted by atomic mass is 16.5. The van der Waals surface area contributed by atoms with Gasteiger partial charge in [-0.2, -0.15) is 4.98 Å². The lowest BCUT2D eigenvalue weighted by Crippen LogP contribution is -2.44. The van der Waals surface area contributed by atoms with Gasteiger partial charge in [0.05, 0.1) is 6.04 Å². The highest BCUT2D eigenvalue weighted by molar-refractivity contribution is 5.44. The number of rotatable bonds is 2. The second-order valence-electron chi connectivity index (χ2n) is 6.55. The first kappa shape index (κ1) is 14.7. The number of nitrogens with zero attached hydrogens (tertiary/aromatic N) is 3. The van der Waals surface area contributed by atoms with Crippen molar-refractivity contribution in [3.05, 3.63) is 40.5 Å². The van der Waals surface area contributed by atoms with Crippen molar-refractivity contribution in [2.24, 2.45) is 0 Å². The fourth-order valence-corrected chi connectivity index (χ4v) is 3.26. The summed E-state index contributed by atoms with van der Waals surface area (Å²) in [5.41, 5.74) is 3.74. The lowest BCUT2D eigenvalue weighted by atomic mass is 10.0. The monoisotopic (exact) mass is 314 g/mol. The van der Waals surface area contributed by atoms with Gasteiger partial charge in [-0.25, -0.2) is 0 Å². The molecule has 4 rings (SSSR count). The molecule has 0 spiro atoms. The van der Waals surface area contributed by atoms with Crippen LogP contribution in [0.1, 0.15) is 40.6 Å². The standard InChI is InChI=1S/C17H22N4O2/c1-10-6-12-8-15(22-14(12)7-11(10)2)17-19-16(20-23-17)13-9-18-4-5-21(13)3/h6-7,13,15,18H,4-5,8-9H2,1-3H3. The van der Waals surface area contributed by atoms with Crippen molar-refractivity contribution in [3.63, 3.8) is 0 Å². The second kappa shape index (κ2) is 5.62. The van der Waals surface area contributed by atoms with Crippen LogP contribution in [0, 0.1) is 13.8 Å². The zero-order valence-electron chi connectivity index (χ0n) is 13.8. The topological polar surface area (TPSA) is 63.4 Å². The summed E-state index contributed by atoms with van der Waals surface area (Å²) in [5, 5.41) is 7.56. The smallest absolute Gasteiger partial charge is 0.268 e. The predicted molar refractivity (Wildman–Crippen MR) is 85.5 cm³/mol. The van der Waals surface area contributed by atoms with Crippen LogP contribution in [0.4, 0.5) is 0 Å². The van der Waals surface area contributed by atoms with Crippen molar-refractivity contribution in [2.75, 3.05) is 26.7 Å². The molecule has 122 valence electrons. The molecule has 0 amide bonds. The Bertz CT molecular complexity index is 696. The fourth-order valence-electron chi connectivity index (χ4n) is 3.26. The minimum Gasteiger partial charge on any atom is -0.480 e. The van der Waals surface area contributed by atoms with Crippen LogP contribution in [-0.4, -0.2) is 41.7 Å². The molecule has 2 aromatic rings. The van der Waals surface area contributed by atoms with Gasteiger partial charge in [0.2, 0.25) is 0 Å². The Balaban J connectivity index is 1.54. The third kappa shape index (κ3) is 2.62. The number of ether oxygens (including phenoxy) is 1. The number of piperazine rings is 1. The molecule has 1 aromatic heterocycles. The maximum absolute atomic E-state index is 6.03. The number of nitrogens with one attached hydrogen (secondary N) is 1. The van der Waals surface area contributed by atoms with Gasteiger partial charge in [-0.1, -0.05) is 11.2 Å². The van der Waals surface area contributed by atoms with Gasteiger partial charge in [-0.3, -0.25) is 4.90 Å². The van der Waals surface area contributed by atoms with Crippen molar-refractivity contribution in [2.45, 2.75) is 32.4 Å². The van der Waals surface area contributed by atoms with E-state index in [4.69, 9.17) is 9.26 Å². The van der Waals surface area contributed by atoms with Crippen LogP contribution in [0.25, 0.3) is 0 Å². The van der Waals surface area contributed by atoms with Gasteiger partial charge >= 0.3 is 0 Å². The Kier molecular flexibility index (Phi) is 3.58. The first-order valence-corrected chi connectivity index (χ1v) is 8.13. The molecule has 1 saturated heterocycles. The maximum atomic E-state index is 6.03. The number of aryl methyl sites for hydroxylation is 2. The first-order chi connectivity index (χ1) is 11.1. The van der Waals surface area contributed by atoms with E-state index in [-0.39, 0.29) is 12.1 Å². The lowest BCUT2D eigenvalue weighted by Gasteiger charge is -2.30. The van der Waals surface area contributed by atoms with Crippen LogP contribution in [0.15, 0.2) is 16.7 Å². The van der Waals surface area contributed by atoms with Crippen LogP contribution in [-0.2, 0) is 6.42 Å². The van der Waals surface area contributed by atoms with Gasteiger partial charge in [0, 0.05) is 26.1 Å². The number of fused-ring (bicyclic) bond motifs is 1. The lowest BCUT2D eigenvalue weighted by molar-refractivity contribution is 0.179. The zero-order valence-corrected chi connectivity index (χ0v) is 13.8. The molecule has 6 nitrogen and oxygen atoms in total. The van der Waals surface area contributed by atoms with E-state index in [0.717, 1.165) is 37.6 Å². The van der Waals surface area contributed by atoms with E-state index in [0.29, 0.717) is 5.89 Å². The van der Waals surface area contributed by atoms with Crippen molar-refractivity contribution < 1.29 is 9.26 Å². The molecule has 23 heavy (non-hydrogen) atoms. The van der Waals surface area contributed by atoms with E-state index in [1.807, 2.05) is 0 Å². The summed E-state index contributed by atoms with van der Waals surface area (Å²) in [6.45, 7) is 7.05. The number of hydrogen-bond acceptors (Lipinski definition) is 6. The normalized spacial score (nSPS) is 24.5. The SMILES string of the molecule is Cc1cc2c(cc1C)OC(c1nc(C3CNCCN3C)no1)C2. The number of likely N-dealkylation sites (N-methyl/N-ethyl adjacent to an activating group) is 1. The second-order valence-corrected chi connectivity index (χ2v) is 6.55. The number of hydrogen-bond donors (Lipinski definition) is 1. The molecule has 0 saturated carbocycles. The Morgan fingerprint density at radius 3 is 2.91 bits per heavy atom. The first-order valence-electron chi connectivity index (χ1n) is 8.13. The molecule has 0 bridgehead atoms. The molecular weight excluding hydrogens is 292 g/mol. The van der Waals surface area contributed by atoms with Crippen molar-refractivity contribution in [1.29, 1.82) is 0 Å². The molecule has 0 aliphatic carbocycles. The zero-order chi connectivity index (χ0) is 16.0. The van der Waals surface area contributed by atoms with E-state index >= 15 is 0 Å². The Hall–Kier alpha value is -1.92. The molecule has 2 aliphatic heterocycles. The maximum Gasteiger partial charge on any atom is 0.268 e.